The fourth-order valence-corrected chi connectivity index (χ4v) is 2.65. The standard InChI is InChI=1S/C14H15N3O2S/c15-14-8-16-10(7-17-14)9-20-11-2-3-12-13(6-11)19-5-1-4-18-12/h2-3,6-8H,1,4-5,9H2,(H2,15,17). The number of aromatic nitrogens is 2. The minimum atomic E-state index is 0.439. The summed E-state index contributed by atoms with van der Waals surface area (Å²) >= 11 is 1.68. The summed E-state index contributed by atoms with van der Waals surface area (Å²) in [4.78, 5) is 9.38. The van der Waals surface area contributed by atoms with E-state index in [0.29, 0.717) is 19.0 Å². The molecule has 0 aliphatic carbocycles. The van der Waals surface area contributed by atoms with Crippen molar-refractivity contribution in [2.45, 2.75) is 17.1 Å². The van der Waals surface area contributed by atoms with Gasteiger partial charge in [0.05, 0.1) is 31.3 Å². The zero-order chi connectivity index (χ0) is 13.8. The van der Waals surface area contributed by atoms with Crippen molar-refractivity contribution < 1.29 is 9.47 Å². The van der Waals surface area contributed by atoms with Gasteiger partial charge in [-0.15, -0.1) is 11.8 Å². The first kappa shape index (κ1) is 13.1. The Morgan fingerprint density at radius 3 is 2.75 bits per heavy atom. The maximum atomic E-state index is 5.67. The number of ether oxygens (including phenoxy) is 2. The normalized spacial score (nSPS) is 13.8. The summed E-state index contributed by atoms with van der Waals surface area (Å²) in [5, 5.41) is 0. The minimum absolute atomic E-state index is 0.439. The lowest BCUT2D eigenvalue weighted by Gasteiger charge is -2.09. The van der Waals surface area contributed by atoms with E-state index in [1.54, 1.807) is 24.2 Å². The van der Waals surface area contributed by atoms with Crippen LogP contribution in [0.25, 0.3) is 0 Å². The summed E-state index contributed by atoms with van der Waals surface area (Å²) in [5.41, 5.74) is 6.41. The number of nitrogen functional groups attached to an aromatic ring is 1. The van der Waals surface area contributed by atoms with Gasteiger partial charge in [-0.1, -0.05) is 0 Å². The van der Waals surface area contributed by atoms with Crippen molar-refractivity contribution in [1.29, 1.82) is 0 Å². The number of hydrogen-bond acceptors (Lipinski definition) is 6. The van der Waals surface area contributed by atoms with Gasteiger partial charge in [-0.2, -0.15) is 0 Å². The third-order valence-corrected chi connectivity index (χ3v) is 3.86. The van der Waals surface area contributed by atoms with Crippen molar-refractivity contribution in [1.82, 2.24) is 9.97 Å². The van der Waals surface area contributed by atoms with Gasteiger partial charge in [0, 0.05) is 17.1 Å². The van der Waals surface area contributed by atoms with Gasteiger partial charge in [-0.05, 0) is 18.2 Å². The van der Waals surface area contributed by atoms with Gasteiger partial charge in [-0.3, -0.25) is 4.98 Å². The van der Waals surface area contributed by atoms with Gasteiger partial charge in [0.15, 0.2) is 11.5 Å². The maximum Gasteiger partial charge on any atom is 0.162 e. The van der Waals surface area contributed by atoms with E-state index >= 15 is 0 Å². The largest absolute Gasteiger partial charge is 0.490 e. The second-order valence-electron chi connectivity index (χ2n) is 4.38. The molecule has 0 unspecified atom stereocenters. The molecule has 0 saturated heterocycles. The van der Waals surface area contributed by atoms with Crippen molar-refractivity contribution in [2.24, 2.45) is 0 Å². The van der Waals surface area contributed by atoms with Crippen LogP contribution in [-0.4, -0.2) is 23.2 Å². The highest BCUT2D eigenvalue weighted by atomic mass is 32.2. The van der Waals surface area contributed by atoms with Crippen LogP contribution < -0.4 is 15.2 Å². The van der Waals surface area contributed by atoms with Crippen LogP contribution in [0.1, 0.15) is 12.1 Å². The van der Waals surface area contributed by atoms with Gasteiger partial charge < -0.3 is 15.2 Å². The first-order valence-electron chi connectivity index (χ1n) is 6.40. The van der Waals surface area contributed by atoms with E-state index in [1.165, 1.54) is 0 Å². The molecule has 5 nitrogen and oxygen atoms in total. The highest BCUT2D eigenvalue weighted by Crippen LogP contribution is 2.34. The quantitative estimate of drug-likeness (QED) is 0.875. The van der Waals surface area contributed by atoms with Crippen LogP contribution in [0.2, 0.25) is 0 Å². The van der Waals surface area contributed by atoms with E-state index < -0.39 is 0 Å². The molecule has 1 aromatic heterocycles. The monoisotopic (exact) mass is 289 g/mol. The lowest BCUT2D eigenvalue weighted by atomic mass is 10.3. The molecule has 6 heteroatoms. The molecule has 3 rings (SSSR count). The lowest BCUT2D eigenvalue weighted by molar-refractivity contribution is 0.297. The smallest absolute Gasteiger partial charge is 0.162 e. The highest BCUT2D eigenvalue weighted by Gasteiger charge is 2.11. The summed E-state index contributed by atoms with van der Waals surface area (Å²) in [7, 11) is 0. The van der Waals surface area contributed by atoms with Crippen LogP contribution in [0.15, 0.2) is 35.5 Å². The van der Waals surface area contributed by atoms with Crippen molar-refractivity contribution in [3.05, 3.63) is 36.3 Å². The zero-order valence-electron chi connectivity index (χ0n) is 10.9. The van der Waals surface area contributed by atoms with Crippen LogP contribution in [0, 0.1) is 0 Å². The number of nitrogens with zero attached hydrogens (tertiary/aromatic N) is 2. The SMILES string of the molecule is Nc1cnc(CSc2ccc3c(c2)OCCCO3)cn1. The molecule has 0 amide bonds. The predicted octanol–water partition coefficient (Wildman–Crippen LogP) is 2.51. The number of rotatable bonds is 3. The van der Waals surface area contributed by atoms with E-state index in [-0.39, 0.29) is 0 Å². The van der Waals surface area contributed by atoms with Crippen LogP contribution in [0.4, 0.5) is 5.82 Å². The minimum Gasteiger partial charge on any atom is -0.490 e. The van der Waals surface area contributed by atoms with E-state index in [2.05, 4.69) is 9.97 Å². The summed E-state index contributed by atoms with van der Waals surface area (Å²) < 4.78 is 11.3. The van der Waals surface area contributed by atoms with Crippen LogP contribution in [0.5, 0.6) is 11.5 Å². The Balaban J connectivity index is 1.68. The number of thioether (sulfide) groups is 1. The molecule has 1 aliphatic heterocycles. The fourth-order valence-electron chi connectivity index (χ4n) is 1.83. The van der Waals surface area contributed by atoms with E-state index in [4.69, 9.17) is 15.2 Å². The van der Waals surface area contributed by atoms with E-state index in [0.717, 1.165) is 34.3 Å². The molecule has 2 heterocycles. The van der Waals surface area contributed by atoms with Crippen LogP contribution in [-0.2, 0) is 5.75 Å². The molecule has 0 atom stereocenters. The van der Waals surface area contributed by atoms with E-state index in [9.17, 15) is 0 Å². The van der Waals surface area contributed by atoms with Crippen molar-refractivity contribution in [2.75, 3.05) is 18.9 Å². The average Bonchev–Trinajstić information content (AvgIpc) is 2.71. The molecule has 0 saturated carbocycles. The first-order chi connectivity index (χ1) is 9.81. The Kier molecular flexibility index (Phi) is 3.92. The van der Waals surface area contributed by atoms with Gasteiger partial charge in [0.25, 0.3) is 0 Å². The Morgan fingerprint density at radius 1 is 1.10 bits per heavy atom. The number of hydrogen-bond donors (Lipinski definition) is 1. The molecular formula is C14H15N3O2S. The number of fused-ring (bicyclic) bond motifs is 1. The third-order valence-electron chi connectivity index (χ3n) is 2.83. The Hall–Kier alpha value is -1.95. The molecule has 1 aliphatic rings. The number of anilines is 1. The molecular weight excluding hydrogens is 274 g/mol. The van der Waals surface area contributed by atoms with Crippen LogP contribution >= 0.6 is 11.8 Å². The molecule has 0 fully saturated rings. The predicted molar refractivity (Wildman–Crippen MR) is 78.1 cm³/mol. The molecule has 0 spiro atoms. The van der Waals surface area contributed by atoms with Gasteiger partial charge >= 0.3 is 0 Å². The van der Waals surface area contributed by atoms with Gasteiger partial charge in [-0.25, -0.2) is 4.98 Å². The fraction of sp³-hybridized carbons (Fsp3) is 0.286. The lowest BCUT2D eigenvalue weighted by Crippen LogP contribution is -1.97. The molecule has 0 bridgehead atoms. The summed E-state index contributed by atoms with van der Waals surface area (Å²) in [6.45, 7) is 1.41. The van der Waals surface area contributed by atoms with Crippen molar-refractivity contribution in [3.63, 3.8) is 0 Å². The maximum absolute atomic E-state index is 5.67. The average molecular weight is 289 g/mol. The Bertz CT molecular complexity index is 589. The van der Waals surface area contributed by atoms with Gasteiger partial charge in [0.1, 0.15) is 5.82 Å². The highest BCUT2D eigenvalue weighted by molar-refractivity contribution is 7.98. The van der Waals surface area contributed by atoms with Gasteiger partial charge in [0.2, 0.25) is 0 Å². The van der Waals surface area contributed by atoms with Crippen molar-refractivity contribution in [3.8, 4) is 11.5 Å². The number of nitrogens with two attached hydrogens (primary N) is 1. The summed E-state index contributed by atoms with van der Waals surface area (Å²) in [5.74, 6) is 2.82. The summed E-state index contributed by atoms with van der Waals surface area (Å²) in [6.07, 6.45) is 4.19. The second-order valence-corrected chi connectivity index (χ2v) is 5.43. The Labute approximate surface area is 121 Å². The van der Waals surface area contributed by atoms with E-state index in [1.807, 2.05) is 18.2 Å². The summed E-state index contributed by atoms with van der Waals surface area (Å²) in [6, 6.07) is 6.00. The molecule has 2 aromatic rings. The molecule has 20 heavy (non-hydrogen) atoms. The molecule has 1 aromatic carbocycles. The zero-order valence-corrected chi connectivity index (χ0v) is 11.7. The first-order valence-corrected chi connectivity index (χ1v) is 7.39. The number of benzene rings is 1. The van der Waals surface area contributed by atoms with Crippen molar-refractivity contribution >= 4 is 17.6 Å². The molecule has 104 valence electrons. The third kappa shape index (κ3) is 3.14. The topological polar surface area (TPSA) is 70.3 Å². The second kappa shape index (κ2) is 6.00. The molecule has 2 N–H and O–H groups in total. The van der Waals surface area contributed by atoms with Crippen LogP contribution in [0.3, 0.4) is 0 Å². The Morgan fingerprint density at radius 2 is 1.95 bits per heavy atom. The molecule has 0 radical (unpaired) electrons.